The van der Waals surface area contributed by atoms with E-state index >= 15 is 0 Å². The van der Waals surface area contributed by atoms with Gasteiger partial charge in [0.2, 0.25) is 0 Å². The molecule has 0 aliphatic heterocycles. The third-order valence-electron chi connectivity index (χ3n) is 7.35. The fourth-order valence-corrected chi connectivity index (χ4v) is 5.62. The highest BCUT2D eigenvalue weighted by atomic mass is 14.7. The highest BCUT2D eigenvalue weighted by Gasteiger charge is 2.37. The van der Waals surface area contributed by atoms with Crippen LogP contribution in [-0.4, -0.2) is 4.98 Å². The average Bonchev–Trinajstić information content (AvgIpc) is 3.14. The molecule has 0 spiro atoms. The summed E-state index contributed by atoms with van der Waals surface area (Å²) in [5.74, 6) is 0. The molecule has 1 aromatic heterocycles. The number of aromatic nitrogens is 1. The number of hydrogen-bond acceptors (Lipinski definition) is 1. The molecule has 1 nitrogen and oxygen atoms in total. The monoisotopic (exact) mass is 387 g/mol. The Labute approximate surface area is 178 Å². The van der Waals surface area contributed by atoms with Crippen molar-refractivity contribution in [2.24, 2.45) is 0 Å². The van der Waals surface area contributed by atoms with Crippen molar-refractivity contribution < 1.29 is 0 Å². The lowest BCUT2D eigenvalue weighted by Crippen LogP contribution is -2.15. The van der Waals surface area contributed by atoms with Gasteiger partial charge in [-0.2, -0.15) is 0 Å². The van der Waals surface area contributed by atoms with Crippen LogP contribution in [0.4, 0.5) is 0 Å². The minimum atomic E-state index is -0.000965. The minimum absolute atomic E-state index is 0.000965. The summed E-state index contributed by atoms with van der Waals surface area (Å²) in [5.41, 5.74) is 13.2. The Bertz CT molecular complexity index is 1340. The summed E-state index contributed by atoms with van der Waals surface area (Å²) in [4.78, 5) is 4.74. The van der Waals surface area contributed by atoms with Crippen LogP contribution in [0.25, 0.3) is 33.5 Å². The standard InChI is InChI=1S/C29H25N/c1-28(2)24-14-12-18(16-22(24)27-25(28)10-7-15-30-27)19-11-13-21-20-8-5-6-9-23(20)29(3,4)26(21)17-19/h5-17H,1-4H3. The fourth-order valence-electron chi connectivity index (χ4n) is 5.62. The van der Waals surface area contributed by atoms with Crippen LogP contribution in [0.15, 0.2) is 79.0 Å². The lowest BCUT2D eigenvalue weighted by atomic mass is 9.81. The van der Waals surface area contributed by atoms with E-state index in [4.69, 9.17) is 4.98 Å². The van der Waals surface area contributed by atoms with Crippen LogP contribution < -0.4 is 0 Å². The summed E-state index contributed by atoms with van der Waals surface area (Å²) in [5, 5.41) is 0. The number of benzene rings is 3. The van der Waals surface area contributed by atoms with E-state index in [9.17, 15) is 0 Å². The van der Waals surface area contributed by atoms with Gasteiger partial charge in [-0.1, -0.05) is 82.3 Å². The molecule has 0 bridgehead atoms. The van der Waals surface area contributed by atoms with Gasteiger partial charge < -0.3 is 0 Å². The number of pyridine rings is 1. The molecule has 1 heterocycles. The van der Waals surface area contributed by atoms with Crippen LogP contribution in [0.2, 0.25) is 0 Å². The Kier molecular flexibility index (Phi) is 3.35. The SMILES string of the molecule is CC1(C)c2ccccc2-c2ccc(-c3ccc4c(c3)-c3ncccc3C4(C)C)cc21. The molecule has 0 saturated carbocycles. The van der Waals surface area contributed by atoms with Gasteiger partial charge in [-0.3, -0.25) is 4.98 Å². The van der Waals surface area contributed by atoms with Gasteiger partial charge >= 0.3 is 0 Å². The van der Waals surface area contributed by atoms with Gasteiger partial charge in [-0.15, -0.1) is 0 Å². The second-order valence-electron chi connectivity index (χ2n) is 9.72. The van der Waals surface area contributed by atoms with Crippen molar-refractivity contribution in [2.45, 2.75) is 38.5 Å². The van der Waals surface area contributed by atoms with Gasteiger partial charge in [0.15, 0.2) is 0 Å². The molecule has 0 N–H and O–H groups in total. The molecule has 1 heteroatoms. The van der Waals surface area contributed by atoms with Crippen molar-refractivity contribution >= 4 is 0 Å². The topological polar surface area (TPSA) is 12.9 Å². The smallest absolute Gasteiger partial charge is 0.0746 e. The molecular weight excluding hydrogens is 362 g/mol. The van der Waals surface area contributed by atoms with Crippen LogP contribution in [-0.2, 0) is 10.8 Å². The van der Waals surface area contributed by atoms with E-state index in [1.165, 1.54) is 50.1 Å². The number of hydrogen-bond donors (Lipinski definition) is 0. The molecule has 0 saturated heterocycles. The van der Waals surface area contributed by atoms with E-state index in [1.54, 1.807) is 0 Å². The van der Waals surface area contributed by atoms with E-state index in [0.29, 0.717) is 0 Å². The van der Waals surface area contributed by atoms with Crippen LogP contribution in [0.5, 0.6) is 0 Å². The summed E-state index contributed by atoms with van der Waals surface area (Å²) in [6, 6.07) is 27.0. The maximum atomic E-state index is 4.74. The number of rotatable bonds is 1. The molecule has 2 aliphatic carbocycles. The lowest BCUT2D eigenvalue weighted by molar-refractivity contribution is 0.659. The van der Waals surface area contributed by atoms with Crippen molar-refractivity contribution in [3.63, 3.8) is 0 Å². The van der Waals surface area contributed by atoms with Crippen molar-refractivity contribution in [3.8, 4) is 33.5 Å². The maximum Gasteiger partial charge on any atom is 0.0746 e. The Morgan fingerprint density at radius 2 is 1.17 bits per heavy atom. The Hall–Kier alpha value is -3.19. The van der Waals surface area contributed by atoms with Crippen molar-refractivity contribution in [3.05, 3.63) is 101 Å². The Morgan fingerprint density at radius 3 is 2.03 bits per heavy atom. The van der Waals surface area contributed by atoms with Crippen molar-refractivity contribution in [1.29, 1.82) is 0 Å². The zero-order valence-electron chi connectivity index (χ0n) is 18.0. The average molecular weight is 388 g/mol. The predicted molar refractivity (Wildman–Crippen MR) is 125 cm³/mol. The zero-order chi connectivity index (χ0) is 20.7. The maximum absolute atomic E-state index is 4.74. The molecule has 0 unspecified atom stereocenters. The molecule has 0 fully saturated rings. The van der Waals surface area contributed by atoms with Crippen LogP contribution in [0, 0.1) is 0 Å². The lowest BCUT2D eigenvalue weighted by Gasteiger charge is -2.22. The van der Waals surface area contributed by atoms with Gasteiger partial charge in [0, 0.05) is 22.6 Å². The van der Waals surface area contributed by atoms with E-state index < -0.39 is 0 Å². The molecular formula is C29H25N. The minimum Gasteiger partial charge on any atom is -0.256 e. The first-order chi connectivity index (χ1) is 14.4. The fraction of sp³-hybridized carbons (Fsp3) is 0.207. The van der Waals surface area contributed by atoms with E-state index in [-0.39, 0.29) is 10.8 Å². The number of fused-ring (bicyclic) bond motifs is 6. The highest BCUT2D eigenvalue weighted by molar-refractivity contribution is 5.86. The normalized spacial score (nSPS) is 16.5. The van der Waals surface area contributed by atoms with Crippen molar-refractivity contribution in [1.82, 2.24) is 4.98 Å². The summed E-state index contributed by atoms with van der Waals surface area (Å²) in [6.07, 6.45) is 1.91. The van der Waals surface area contributed by atoms with E-state index in [0.717, 1.165) is 5.69 Å². The highest BCUT2D eigenvalue weighted by Crippen LogP contribution is 2.51. The Morgan fingerprint density at radius 1 is 0.533 bits per heavy atom. The quantitative estimate of drug-likeness (QED) is 0.332. The first-order valence-corrected chi connectivity index (χ1v) is 10.7. The van der Waals surface area contributed by atoms with E-state index in [2.05, 4.69) is 94.4 Å². The number of nitrogens with zero attached hydrogens (tertiary/aromatic N) is 1. The summed E-state index contributed by atoms with van der Waals surface area (Å²) < 4.78 is 0. The third kappa shape index (κ3) is 2.15. The molecule has 6 rings (SSSR count). The molecule has 30 heavy (non-hydrogen) atoms. The first-order valence-electron chi connectivity index (χ1n) is 10.7. The molecule has 0 amide bonds. The zero-order valence-corrected chi connectivity index (χ0v) is 18.0. The van der Waals surface area contributed by atoms with Gasteiger partial charge in [-0.25, -0.2) is 0 Å². The van der Waals surface area contributed by atoms with E-state index in [1.807, 2.05) is 12.3 Å². The van der Waals surface area contributed by atoms with Gasteiger partial charge in [0.1, 0.15) is 0 Å². The third-order valence-corrected chi connectivity index (χ3v) is 7.35. The second-order valence-corrected chi connectivity index (χ2v) is 9.72. The van der Waals surface area contributed by atoms with Gasteiger partial charge in [-0.05, 0) is 62.7 Å². The van der Waals surface area contributed by atoms with Crippen LogP contribution in [0.3, 0.4) is 0 Å². The summed E-state index contributed by atoms with van der Waals surface area (Å²) in [6.45, 7) is 9.28. The molecule has 0 radical (unpaired) electrons. The van der Waals surface area contributed by atoms with Crippen LogP contribution >= 0.6 is 0 Å². The van der Waals surface area contributed by atoms with Gasteiger partial charge in [0.25, 0.3) is 0 Å². The second kappa shape index (κ2) is 5.70. The molecule has 146 valence electrons. The summed E-state index contributed by atoms with van der Waals surface area (Å²) >= 11 is 0. The predicted octanol–water partition coefficient (Wildman–Crippen LogP) is 7.36. The molecule has 4 aromatic rings. The Balaban J connectivity index is 1.52. The largest absolute Gasteiger partial charge is 0.256 e. The summed E-state index contributed by atoms with van der Waals surface area (Å²) in [7, 11) is 0. The van der Waals surface area contributed by atoms with Crippen LogP contribution in [0.1, 0.15) is 49.9 Å². The van der Waals surface area contributed by atoms with Crippen molar-refractivity contribution in [2.75, 3.05) is 0 Å². The first kappa shape index (κ1) is 17.7. The molecule has 2 aliphatic rings. The van der Waals surface area contributed by atoms with Gasteiger partial charge in [0.05, 0.1) is 5.69 Å². The molecule has 3 aromatic carbocycles. The molecule has 0 atom stereocenters.